The standard InChI is InChI=1S/C25H23F8N5O2S/c1-13-10-15(11-37-22(24(28,29)30)35-21(36-37)23(26,27)25(31,32)33)8-9-18(13)38(14(2)12-41-3)20(40)17-7-5-4-6-16(17)19(34)39/h4-10,14H,11-12H2,1-3H3,(H2,34,39)/t14-/m0/s1. The van der Waals surface area contributed by atoms with Crippen molar-refractivity contribution in [1.29, 1.82) is 0 Å². The molecule has 0 aliphatic rings. The number of aromatic nitrogens is 3. The van der Waals surface area contributed by atoms with Crippen LogP contribution in [-0.4, -0.2) is 50.8 Å². The second-order valence-corrected chi connectivity index (χ2v) is 9.91. The van der Waals surface area contributed by atoms with Gasteiger partial charge in [-0.25, -0.2) is 9.67 Å². The van der Waals surface area contributed by atoms with Crippen molar-refractivity contribution in [2.45, 2.75) is 44.7 Å². The van der Waals surface area contributed by atoms with Crippen LogP contribution in [0.25, 0.3) is 0 Å². The first-order valence-electron chi connectivity index (χ1n) is 11.7. The van der Waals surface area contributed by atoms with Gasteiger partial charge in [0.2, 0.25) is 17.6 Å². The van der Waals surface area contributed by atoms with Crippen molar-refractivity contribution in [3.63, 3.8) is 0 Å². The fraction of sp³-hybridized carbons (Fsp3) is 0.360. The fourth-order valence-corrected chi connectivity index (χ4v) is 4.69. The molecular weight excluding hydrogens is 586 g/mol. The Morgan fingerprint density at radius 1 is 1.02 bits per heavy atom. The molecule has 3 aromatic rings. The van der Waals surface area contributed by atoms with Crippen molar-refractivity contribution >= 4 is 29.3 Å². The molecule has 16 heteroatoms. The van der Waals surface area contributed by atoms with Gasteiger partial charge in [-0.3, -0.25) is 9.59 Å². The minimum atomic E-state index is -6.21. The molecule has 0 radical (unpaired) electrons. The van der Waals surface area contributed by atoms with Crippen molar-refractivity contribution in [1.82, 2.24) is 14.8 Å². The Morgan fingerprint density at radius 3 is 2.15 bits per heavy atom. The number of rotatable bonds is 9. The highest BCUT2D eigenvalue weighted by molar-refractivity contribution is 7.98. The van der Waals surface area contributed by atoms with E-state index in [1.54, 1.807) is 19.2 Å². The summed E-state index contributed by atoms with van der Waals surface area (Å²) in [7, 11) is 0. The van der Waals surface area contributed by atoms with Crippen LogP contribution in [0.15, 0.2) is 42.5 Å². The first-order chi connectivity index (χ1) is 18.9. The fourth-order valence-electron chi connectivity index (χ4n) is 4.06. The van der Waals surface area contributed by atoms with Crippen LogP contribution in [-0.2, 0) is 18.6 Å². The number of halogens is 8. The molecule has 1 atom stereocenters. The average molecular weight is 610 g/mol. The molecule has 0 unspecified atom stereocenters. The number of thioether (sulfide) groups is 1. The van der Waals surface area contributed by atoms with E-state index < -0.39 is 54.3 Å². The first kappa shape index (κ1) is 31.8. The van der Waals surface area contributed by atoms with Crippen LogP contribution in [0.3, 0.4) is 0 Å². The second kappa shape index (κ2) is 11.7. The van der Waals surface area contributed by atoms with Crippen molar-refractivity contribution in [3.8, 4) is 0 Å². The summed E-state index contributed by atoms with van der Waals surface area (Å²) in [5.74, 6) is -11.0. The summed E-state index contributed by atoms with van der Waals surface area (Å²) in [5, 5.41) is 2.85. The lowest BCUT2D eigenvalue weighted by atomic mass is 10.0. The van der Waals surface area contributed by atoms with E-state index in [9.17, 15) is 44.7 Å². The number of nitrogens with zero attached hydrogens (tertiary/aromatic N) is 4. The normalized spacial score (nSPS) is 13.2. The maximum Gasteiger partial charge on any atom is 0.461 e. The van der Waals surface area contributed by atoms with Crippen LogP contribution in [0.5, 0.6) is 0 Å². The molecule has 1 heterocycles. The van der Waals surface area contributed by atoms with Crippen LogP contribution in [0, 0.1) is 6.92 Å². The molecular formula is C25H23F8N5O2S. The van der Waals surface area contributed by atoms with Gasteiger partial charge >= 0.3 is 18.3 Å². The van der Waals surface area contributed by atoms with Gasteiger partial charge in [-0.15, -0.1) is 5.10 Å². The van der Waals surface area contributed by atoms with Crippen LogP contribution >= 0.6 is 11.8 Å². The largest absolute Gasteiger partial charge is 0.461 e. The zero-order valence-electron chi connectivity index (χ0n) is 21.6. The minimum Gasteiger partial charge on any atom is -0.366 e. The number of primary amides is 1. The molecule has 2 aromatic carbocycles. The number of benzene rings is 2. The van der Waals surface area contributed by atoms with E-state index in [2.05, 4.69) is 10.1 Å². The van der Waals surface area contributed by atoms with E-state index >= 15 is 0 Å². The van der Waals surface area contributed by atoms with Gasteiger partial charge in [0.05, 0.1) is 17.7 Å². The molecule has 41 heavy (non-hydrogen) atoms. The van der Waals surface area contributed by atoms with Gasteiger partial charge < -0.3 is 10.6 Å². The summed E-state index contributed by atoms with van der Waals surface area (Å²) in [4.78, 5) is 29.4. The molecule has 1 aromatic heterocycles. The van der Waals surface area contributed by atoms with Crippen LogP contribution in [0.2, 0.25) is 0 Å². The number of hydrogen-bond acceptors (Lipinski definition) is 5. The van der Waals surface area contributed by atoms with Gasteiger partial charge in [-0.2, -0.15) is 46.9 Å². The van der Waals surface area contributed by atoms with Crippen molar-refractivity contribution in [3.05, 3.63) is 76.4 Å². The molecule has 2 amide bonds. The maximum absolute atomic E-state index is 13.7. The Kier molecular flexibility index (Phi) is 9.05. The monoisotopic (exact) mass is 609 g/mol. The molecule has 0 saturated carbocycles. The zero-order valence-corrected chi connectivity index (χ0v) is 22.5. The molecule has 0 bridgehead atoms. The van der Waals surface area contributed by atoms with E-state index in [4.69, 9.17) is 5.73 Å². The number of hydrogen-bond donors (Lipinski definition) is 1. The number of aryl methyl sites for hydroxylation is 1. The number of carbonyl (C=O) groups excluding carboxylic acids is 2. The lowest BCUT2D eigenvalue weighted by Crippen LogP contribution is -2.41. The topological polar surface area (TPSA) is 94.1 Å². The highest BCUT2D eigenvalue weighted by Gasteiger charge is 2.62. The van der Waals surface area contributed by atoms with Gasteiger partial charge in [0.1, 0.15) is 0 Å². The zero-order chi connectivity index (χ0) is 30.9. The Hall–Kier alpha value is -3.69. The Balaban J connectivity index is 2.05. The predicted octanol–water partition coefficient (Wildman–Crippen LogP) is 5.80. The van der Waals surface area contributed by atoms with E-state index in [1.807, 2.05) is 0 Å². The SMILES string of the molecule is CSC[C@H](C)N(C(=O)c1ccccc1C(N)=O)c1ccc(Cn2nc(C(F)(F)C(F)(F)F)nc2C(F)(F)F)cc1C. The molecule has 0 saturated heterocycles. The Bertz CT molecular complexity index is 1440. The highest BCUT2D eigenvalue weighted by Crippen LogP contribution is 2.43. The highest BCUT2D eigenvalue weighted by atomic mass is 32.2. The predicted molar refractivity (Wildman–Crippen MR) is 135 cm³/mol. The summed E-state index contributed by atoms with van der Waals surface area (Å²) < 4.78 is 106. The van der Waals surface area contributed by atoms with E-state index in [-0.39, 0.29) is 21.4 Å². The molecule has 7 nitrogen and oxygen atoms in total. The van der Waals surface area contributed by atoms with E-state index in [0.29, 0.717) is 17.0 Å². The number of carbonyl (C=O) groups is 2. The summed E-state index contributed by atoms with van der Waals surface area (Å²) in [6, 6.07) is 9.44. The third-order valence-electron chi connectivity index (χ3n) is 5.91. The van der Waals surface area contributed by atoms with Gasteiger partial charge in [0.15, 0.2) is 0 Å². The third kappa shape index (κ3) is 6.63. The molecule has 0 spiro atoms. The number of nitrogens with two attached hydrogens (primary N) is 1. The first-order valence-corrected chi connectivity index (χ1v) is 13.1. The van der Waals surface area contributed by atoms with Gasteiger partial charge in [-0.1, -0.05) is 24.3 Å². The van der Waals surface area contributed by atoms with Gasteiger partial charge in [0, 0.05) is 17.5 Å². The number of alkyl halides is 8. The molecule has 0 aliphatic carbocycles. The van der Waals surface area contributed by atoms with Crippen molar-refractivity contribution in [2.24, 2.45) is 5.73 Å². The molecule has 0 fully saturated rings. The van der Waals surface area contributed by atoms with E-state index in [0.717, 1.165) is 0 Å². The minimum absolute atomic E-state index is 0.0204. The molecule has 3 rings (SSSR count). The van der Waals surface area contributed by atoms with E-state index in [1.165, 1.54) is 60.0 Å². The number of amides is 2. The van der Waals surface area contributed by atoms with Crippen LogP contribution in [0.4, 0.5) is 40.8 Å². The van der Waals surface area contributed by atoms with Gasteiger partial charge in [-0.05, 0) is 49.4 Å². The van der Waals surface area contributed by atoms with Crippen LogP contribution in [0.1, 0.15) is 50.4 Å². The summed E-state index contributed by atoms with van der Waals surface area (Å²) in [6.45, 7) is 2.41. The molecule has 2 N–H and O–H groups in total. The lowest BCUT2D eigenvalue weighted by molar-refractivity contribution is -0.292. The van der Waals surface area contributed by atoms with Gasteiger partial charge in [0.25, 0.3) is 5.91 Å². The Labute approximate surface area is 232 Å². The van der Waals surface area contributed by atoms with Crippen molar-refractivity contribution in [2.75, 3.05) is 16.9 Å². The maximum atomic E-state index is 13.7. The van der Waals surface area contributed by atoms with Crippen LogP contribution < -0.4 is 10.6 Å². The average Bonchev–Trinajstić information content (AvgIpc) is 3.30. The van der Waals surface area contributed by atoms with Crippen molar-refractivity contribution < 1.29 is 44.7 Å². The smallest absolute Gasteiger partial charge is 0.366 e. The summed E-state index contributed by atoms with van der Waals surface area (Å²) in [5.41, 5.74) is 6.15. The molecule has 222 valence electrons. The lowest BCUT2D eigenvalue weighted by Gasteiger charge is -2.31. The number of anilines is 1. The summed E-state index contributed by atoms with van der Waals surface area (Å²) >= 11 is 1.42. The quantitative estimate of drug-likeness (QED) is 0.310. The molecule has 0 aliphatic heterocycles. The third-order valence-corrected chi connectivity index (χ3v) is 6.72. The Morgan fingerprint density at radius 2 is 1.63 bits per heavy atom. The second-order valence-electron chi connectivity index (χ2n) is 9.00. The summed E-state index contributed by atoms with van der Waals surface area (Å²) in [6.07, 6.45) is -9.79.